The molecule has 5 nitrogen and oxygen atoms in total. The lowest BCUT2D eigenvalue weighted by molar-refractivity contribution is -0.111. The SMILES string of the molecule is CC(C)C1(O)CN(C(=O)c2ccc(N)cn2)C1. The molecule has 0 spiro atoms. The van der Waals surface area contributed by atoms with Crippen LogP contribution in [0.25, 0.3) is 0 Å². The van der Waals surface area contributed by atoms with Crippen LogP contribution in [0, 0.1) is 5.92 Å². The van der Waals surface area contributed by atoms with E-state index in [4.69, 9.17) is 5.73 Å². The fourth-order valence-corrected chi connectivity index (χ4v) is 1.82. The van der Waals surface area contributed by atoms with Gasteiger partial charge in [-0.1, -0.05) is 13.8 Å². The number of β-amino-alcohol motifs (C(OH)–C–C–N with tert-alkyl or cyclic N) is 1. The summed E-state index contributed by atoms with van der Waals surface area (Å²) in [5, 5.41) is 10.1. The maximum atomic E-state index is 12.0. The molecule has 1 saturated heterocycles. The number of aliphatic hydroxyl groups is 1. The lowest BCUT2D eigenvalue weighted by Crippen LogP contribution is -2.66. The molecule has 5 heteroatoms. The van der Waals surface area contributed by atoms with Crippen molar-refractivity contribution in [2.45, 2.75) is 19.4 Å². The van der Waals surface area contributed by atoms with Gasteiger partial charge in [-0.05, 0) is 18.1 Å². The van der Waals surface area contributed by atoms with Gasteiger partial charge in [0.2, 0.25) is 0 Å². The first-order valence-corrected chi connectivity index (χ1v) is 5.65. The van der Waals surface area contributed by atoms with Crippen LogP contribution in [-0.2, 0) is 0 Å². The van der Waals surface area contributed by atoms with E-state index in [1.807, 2.05) is 13.8 Å². The van der Waals surface area contributed by atoms with E-state index in [2.05, 4.69) is 4.98 Å². The van der Waals surface area contributed by atoms with Gasteiger partial charge in [-0.2, -0.15) is 0 Å². The van der Waals surface area contributed by atoms with Gasteiger partial charge < -0.3 is 15.7 Å². The summed E-state index contributed by atoms with van der Waals surface area (Å²) in [5.74, 6) is -0.0127. The minimum atomic E-state index is -0.747. The zero-order valence-electron chi connectivity index (χ0n) is 10.1. The Bertz CT molecular complexity index is 422. The van der Waals surface area contributed by atoms with Gasteiger partial charge >= 0.3 is 0 Å². The van der Waals surface area contributed by atoms with Crippen LogP contribution < -0.4 is 5.73 Å². The summed E-state index contributed by atoms with van der Waals surface area (Å²) in [4.78, 5) is 17.5. The summed E-state index contributed by atoms with van der Waals surface area (Å²) in [6.07, 6.45) is 1.46. The maximum absolute atomic E-state index is 12.0. The fourth-order valence-electron chi connectivity index (χ4n) is 1.82. The highest BCUT2D eigenvalue weighted by Gasteiger charge is 2.46. The molecule has 1 aliphatic rings. The maximum Gasteiger partial charge on any atom is 0.272 e. The van der Waals surface area contributed by atoms with Gasteiger partial charge in [-0.15, -0.1) is 0 Å². The normalized spacial score (nSPS) is 18.0. The first kappa shape index (κ1) is 11.9. The smallest absolute Gasteiger partial charge is 0.272 e. The Kier molecular flexibility index (Phi) is 2.79. The van der Waals surface area contributed by atoms with Gasteiger partial charge in [0.25, 0.3) is 5.91 Å². The molecule has 0 aromatic carbocycles. The van der Waals surface area contributed by atoms with Crippen molar-refractivity contribution in [1.82, 2.24) is 9.88 Å². The third-order valence-electron chi connectivity index (χ3n) is 3.30. The van der Waals surface area contributed by atoms with Crippen LogP contribution in [0.2, 0.25) is 0 Å². The molecule has 1 aliphatic heterocycles. The van der Waals surface area contributed by atoms with Crippen molar-refractivity contribution in [3.05, 3.63) is 24.0 Å². The van der Waals surface area contributed by atoms with Gasteiger partial charge in [0.15, 0.2) is 0 Å². The third kappa shape index (κ3) is 2.10. The zero-order valence-corrected chi connectivity index (χ0v) is 10.1. The molecular formula is C12H17N3O2. The van der Waals surface area contributed by atoms with Crippen LogP contribution >= 0.6 is 0 Å². The minimum Gasteiger partial charge on any atom is -0.397 e. The van der Waals surface area contributed by atoms with Gasteiger partial charge in [0.1, 0.15) is 11.3 Å². The molecule has 3 N–H and O–H groups in total. The Morgan fingerprint density at radius 2 is 2.18 bits per heavy atom. The van der Waals surface area contributed by atoms with Gasteiger partial charge in [0, 0.05) is 0 Å². The van der Waals surface area contributed by atoms with E-state index < -0.39 is 5.60 Å². The van der Waals surface area contributed by atoms with E-state index >= 15 is 0 Å². The highest BCUT2D eigenvalue weighted by molar-refractivity contribution is 5.93. The number of pyridine rings is 1. The van der Waals surface area contributed by atoms with E-state index in [1.54, 1.807) is 17.0 Å². The Hall–Kier alpha value is -1.62. The summed E-state index contributed by atoms with van der Waals surface area (Å²) in [6.45, 7) is 4.64. The molecule has 0 bridgehead atoms. The van der Waals surface area contributed by atoms with Gasteiger partial charge in [-0.25, -0.2) is 4.98 Å². The second-order valence-corrected chi connectivity index (χ2v) is 4.90. The van der Waals surface area contributed by atoms with E-state index in [9.17, 15) is 9.90 Å². The van der Waals surface area contributed by atoms with E-state index in [0.29, 0.717) is 24.5 Å². The number of carbonyl (C=O) groups excluding carboxylic acids is 1. The second kappa shape index (κ2) is 4.00. The first-order chi connectivity index (χ1) is 7.92. The highest BCUT2D eigenvalue weighted by atomic mass is 16.3. The minimum absolute atomic E-state index is 0.144. The summed E-state index contributed by atoms with van der Waals surface area (Å²) in [6, 6.07) is 3.25. The van der Waals surface area contributed by atoms with Gasteiger partial charge in [0.05, 0.1) is 25.0 Å². The first-order valence-electron chi connectivity index (χ1n) is 5.65. The summed E-state index contributed by atoms with van der Waals surface area (Å²) in [5.41, 5.74) is 5.66. The molecule has 2 heterocycles. The fraction of sp³-hybridized carbons (Fsp3) is 0.500. The highest BCUT2D eigenvalue weighted by Crippen LogP contribution is 2.29. The zero-order chi connectivity index (χ0) is 12.6. The quantitative estimate of drug-likeness (QED) is 0.782. The number of likely N-dealkylation sites (tertiary alicyclic amines) is 1. The van der Waals surface area contributed by atoms with Crippen LogP contribution in [-0.4, -0.2) is 39.6 Å². The van der Waals surface area contributed by atoms with Crippen molar-refractivity contribution >= 4 is 11.6 Å². The molecule has 2 rings (SSSR count). The van der Waals surface area contributed by atoms with Crippen LogP contribution in [0.4, 0.5) is 5.69 Å². The molecule has 1 fully saturated rings. The molecule has 0 aliphatic carbocycles. The lowest BCUT2D eigenvalue weighted by Gasteiger charge is -2.48. The number of hydrogen-bond donors (Lipinski definition) is 2. The molecule has 1 aromatic heterocycles. The monoisotopic (exact) mass is 235 g/mol. The molecule has 1 amide bonds. The standard InChI is InChI=1S/C12H17N3O2/c1-8(2)12(17)6-15(7-12)11(16)10-4-3-9(13)5-14-10/h3-5,8,17H,6-7,13H2,1-2H3. The van der Waals surface area contributed by atoms with E-state index in [0.717, 1.165) is 0 Å². The molecule has 92 valence electrons. The number of aromatic nitrogens is 1. The number of nitrogen functional groups attached to an aromatic ring is 1. The van der Waals surface area contributed by atoms with Crippen molar-refractivity contribution in [1.29, 1.82) is 0 Å². The number of nitrogens with two attached hydrogens (primary N) is 1. The predicted octanol–water partition coefficient (Wildman–Crippen LogP) is 0.507. The van der Waals surface area contributed by atoms with Crippen molar-refractivity contribution in [3.63, 3.8) is 0 Å². The van der Waals surface area contributed by atoms with Crippen molar-refractivity contribution < 1.29 is 9.90 Å². The summed E-state index contributed by atoms with van der Waals surface area (Å²) in [7, 11) is 0. The average Bonchev–Trinajstić information content (AvgIpc) is 2.24. The van der Waals surface area contributed by atoms with Crippen LogP contribution in [0.5, 0.6) is 0 Å². The van der Waals surface area contributed by atoms with Gasteiger partial charge in [-0.3, -0.25) is 4.79 Å². The number of anilines is 1. The lowest BCUT2D eigenvalue weighted by atomic mass is 9.83. The van der Waals surface area contributed by atoms with Crippen molar-refractivity contribution in [2.24, 2.45) is 5.92 Å². The van der Waals surface area contributed by atoms with E-state index in [-0.39, 0.29) is 11.8 Å². The Labute approximate surface area is 100 Å². The van der Waals surface area contributed by atoms with Crippen molar-refractivity contribution in [2.75, 3.05) is 18.8 Å². The number of amides is 1. The predicted molar refractivity (Wildman–Crippen MR) is 64.3 cm³/mol. The van der Waals surface area contributed by atoms with Crippen LogP contribution in [0.1, 0.15) is 24.3 Å². The molecular weight excluding hydrogens is 218 g/mol. The summed E-state index contributed by atoms with van der Waals surface area (Å²) < 4.78 is 0. The van der Waals surface area contributed by atoms with Crippen LogP contribution in [0.15, 0.2) is 18.3 Å². The number of nitrogens with zero attached hydrogens (tertiary/aromatic N) is 2. The molecule has 0 unspecified atom stereocenters. The Morgan fingerprint density at radius 3 is 2.65 bits per heavy atom. The van der Waals surface area contributed by atoms with E-state index in [1.165, 1.54) is 6.20 Å². The molecule has 17 heavy (non-hydrogen) atoms. The summed E-state index contributed by atoms with van der Waals surface area (Å²) >= 11 is 0. The topological polar surface area (TPSA) is 79.5 Å². The molecule has 0 radical (unpaired) electrons. The Morgan fingerprint density at radius 1 is 1.53 bits per heavy atom. The average molecular weight is 235 g/mol. The third-order valence-corrected chi connectivity index (χ3v) is 3.30. The largest absolute Gasteiger partial charge is 0.397 e. The molecule has 0 atom stereocenters. The number of rotatable bonds is 2. The number of carbonyl (C=O) groups is 1. The number of hydrogen-bond acceptors (Lipinski definition) is 4. The van der Waals surface area contributed by atoms with Crippen LogP contribution in [0.3, 0.4) is 0 Å². The molecule has 0 saturated carbocycles. The second-order valence-electron chi connectivity index (χ2n) is 4.90. The van der Waals surface area contributed by atoms with Crippen molar-refractivity contribution in [3.8, 4) is 0 Å². The molecule has 1 aromatic rings. The Balaban J connectivity index is 2.02.